The largest absolute Gasteiger partial charge is 0.355 e. The number of aryl methyl sites for hydroxylation is 1. The summed E-state index contributed by atoms with van der Waals surface area (Å²) < 4.78 is 0. The first-order chi connectivity index (χ1) is 14.7. The topological polar surface area (TPSA) is 54.9 Å². The van der Waals surface area contributed by atoms with Crippen LogP contribution in [0.5, 0.6) is 0 Å². The maximum atomic E-state index is 12.4. The van der Waals surface area contributed by atoms with E-state index in [0.717, 1.165) is 27.9 Å². The number of rotatable bonds is 7. The van der Waals surface area contributed by atoms with Crippen molar-refractivity contribution in [3.8, 4) is 11.4 Å². The van der Waals surface area contributed by atoms with Crippen LogP contribution in [0.4, 0.5) is 0 Å². The van der Waals surface area contributed by atoms with Gasteiger partial charge in [-0.15, -0.1) is 0 Å². The van der Waals surface area contributed by atoms with Crippen molar-refractivity contribution in [3.05, 3.63) is 65.7 Å². The number of carbonyl (C=O) groups excluding carboxylic acids is 1. The van der Waals surface area contributed by atoms with Gasteiger partial charge in [0, 0.05) is 17.5 Å². The molecule has 0 unspecified atom stereocenters. The Morgan fingerprint density at radius 1 is 1.07 bits per heavy atom. The van der Waals surface area contributed by atoms with E-state index in [0.29, 0.717) is 18.1 Å². The molecule has 1 aliphatic carbocycles. The Hall–Kier alpha value is -2.66. The second-order valence-electron chi connectivity index (χ2n) is 7.73. The average Bonchev–Trinajstić information content (AvgIpc) is 2.78. The molecular formula is C25H27N3OS. The number of nitrogens with zero attached hydrogens (tertiary/aromatic N) is 2. The van der Waals surface area contributed by atoms with Gasteiger partial charge in [-0.25, -0.2) is 9.97 Å². The number of hydrogen-bond donors (Lipinski definition) is 1. The average molecular weight is 418 g/mol. The summed E-state index contributed by atoms with van der Waals surface area (Å²) in [6.07, 6.45) is 8.24. The van der Waals surface area contributed by atoms with Crippen LogP contribution in [-0.2, 0) is 4.79 Å². The van der Waals surface area contributed by atoms with Gasteiger partial charge in [0.2, 0.25) is 5.91 Å². The normalized spacial score (nSPS) is 13.8. The summed E-state index contributed by atoms with van der Waals surface area (Å²) in [6.45, 7) is 2.78. The van der Waals surface area contributed by atoms with Gasteiger partial charge in [0.15, 0.2) is 5.82 Å². The molecular weight excluding hydrogens is 390 g/mol. The molecule has 0 saturated heterocycles. The number of allylic oxidation sites excluding steroid dienone is 1. The second kappa shape index (κ2) is 9.90. The number of benzene rings is 2. The van der Waals surface area contributed by atoms with Gasteiger partial charge >= 0.3 is 0 Å². The first-order valence-corrected chi connectivity index (χ1v) is 11.6. The lowest BCUT2D eigenvalue weighted by Gasteiger charge is -2.13. The van der Waals surface area contributed by atoms with Gasteiger partial charge < -0.3 is 5.32 Å². The lowest BCUT2D eigenvalue weighted by Crippen LogP contribution is -2.26. The van der Waals surface area contributed by atoms with Crippen LogP contribution in [0.2, 0.25) is 0 Å². The van der Waals surface area contributed by atoms with Crippen LogP contribution in [-0.4, -0.2) is 28.2 Å². The SMILES string of the molecule is Cc1ccc(-c2nc(SCC(=O)NCCC3=CCCCC3)c3ccccc3n2)cc1. The zero-order chi connectivity index (χ0) is 20.8. The summed E-state index contributed by atoms with van der Waals surface area (Å²) in [7, 11) is 0. The van der Waals surface area contributed by atoms with Crippen LogP contribution in [0, 0.1) is 6.92 Å². The summed E-state index contributed by atoms with van der Waals surface area (Å²) in [5.41, 5.74) is 4.57. The molecule has 4 nitrogen and oxygen atoms in total. The standard InChI is InChI=1S/C25H27N3OS/c1-18-11-13-20(14-12-18)24-27-22-10-6-5-9-21(22)25(28-24)30-17-23(29)26-16-15-19-7-3-2-4-8-19/h5-7,9-14H,2-4,8,15-17H2,1H3,(H,26,29). The van der Waals surface area contributed by atoms with Crippen LogP contribution < -0.4 is 5.32 Å². The lowest BCUT2D eigenvalue weighted by molar-refractivity contribution is -0.118. The Balaban J connectivity index is 1.44. The first kappa shape index (κ1) is 20.6. The monoisotopic (exact) mass is 417 g/mol. The van der Waals surface area contributed by atoms with Crippen molar-refractivity contribution in [1.82, 2.24) is 15.3 Å². The van der Waals surface area contributed by atoms with E-state index in [4.69, 9.17) is 9.97 Å². The predicted molar refractivity (Wildman–Crippen MR) is 125 cm³/mol. The molecule has 1 heterocycles. The molecule has 3 aromatic rings. The third-order valence-corrected chi connectivity index (χ3v) is 6.36. The van der Waals surface area contributed by atoms with Gasteiger partial charge in [-0.2, -0.15) is 0 Å². The molecule has 1 aromatic heterocycles. The van der Waals surface area contributed by atoms with E-state index >= 15 is 0 Å². The number of thioether (sulfide) groups is 1. The van der Waals surface area contributed by atoms with Crippen LogP contribution in [0.1, 0.15) is 37.7 Å². The maximum absolute atomic E-state index is 12.4. The molecule has 0 bridgehead atoms. The number of para-hydroxylation sites is 1. The van der Waals surface area contributed by atoms with Crippen molar-refractivity contribution in [1.29, 1.82) is 0 Å². The fourth-order valence-electron chi connectivity index (χ4n) is 3.67. The van der Waals surface area contributed by atoms with E-state index in [2.05, 4.69) is 30.4 Å². The fraction of sp³-hybridized carbons (Fsp3) is 0.320. The fourth-order valence-corrected chi connectivity index (χ4v) is 4.52. The molecule has 4 rings (SSSR count). The van der Waals surface area contributed by atoms with Crippen molar-refractivity contribution >= 4 is 28.6 Å². The number of amides is 1. The molecule has 154 valence electrons. The number of aromatic nitrogens is 2. The zero-order valence-electron chi connectivity index (χ0n) is 17.4. The van der Waals surface area contributed by atoms with Gasteiger partial charge in [0.25, 0.3) is 0 Å². The van der Waals surface area contributed by atoms with E-state index < -0.39 is 0 Å². The van der Waals surface area contributed by atoms with Crippen molar-refractivity contribution < 1.29 is 4.79 Å². The van der Waals surface area contributed by atoms with Crippen LogP contribution in [0.25, 0.3) is 22.3 Å². The van der Waals surface area contributed by atoms with E-state index in [9.17, 15) is 4.79 Å². The Bertz CT molecular complexity index is 1060. The van der Waals surface area contributed by atoms with Gasteiger partial charge in [-0.05, 0) is 45.1 Å². The minimum atomic E-state index is 0.0518. The Morgan fingerprint density at radius 2 is 1.90 bits per heavy atom. The van der Waals surface area contributed by atoms with Gasteiger partial charge in [0.1, 0.15) is 5.03 Å². The van der Waals surface area contributed by atoms with E-state index in [-0.39, 0.29) is 5.91 Å². The van der Waals surface area contributed by atoms with E-state index in [1.165, 1.54) is 48.6 Å². The highest BCUT2D eigenvalue weighted by molar-refractivity contribution is 8.00. The smallest absolute Gasteiger partial charge is 0.230 e. The predicted octanol–water partition coefficient (Wildman–Crippen LogP) is 5.70. The summed E-state index contributed by atoms with van der Waals surface area (Å²) in [4.78, 5) is 21.9. The molecule has 0 atom stereocenters. The minimum Gasteiger partial charge on any atom is -0.355 e. The zero-order valence-corrected chi connectivity index (χ0v) is 18.2. The van der Waals surface area contributed by atoms with E-state index in [1.54, 1.807) is 0 Å². The molecule has 1 amide bonds. The summed E-state index contributed by atoms with van der Waals surface area (Å²) >= 11 is 1.48. The quantitative estimate of drug-likeness (QED) is 0.304. The third-order valence-electron chi connectivity index (χ3n) is 5.37. The minimum absolute atomic E-state index is 0.0518. The summed E-state index contributed by atoms with van der Waals surface area (Å²) in [5.74, 6) is 1.10. The van der Waals surface area contributed by atoms with Crippen LogP contribution in [0.15, 0.2) is 65.2 Å². The van der Waals surface area contributed by atoms with Crippen LogP contribution in [0.3, 0.4) is 0 Å². The first-order valence-electron chi connectivity index (χ1n) is 10.6. The molecule has 1 N–H and O–H groups in total. The highest BCUT2D eigenvalue weighted by atomic mass is 32.2. The molecule has 0 aliphatic heterocycles. The molecule has 0 saturated carbocycles. The number of hydrogen-bond acceptors (Lipinski definition) is 4. The van der Waals surface area contributed by atoms with E-state index in [1.807, 2.05) is 36.4 Å². The summed E-state index contributed by atoms with van der Waals surface area (Å²) in [6, 6.07) is 16.2. The number of nitrogens with one attached hydrogen (secondary N) is 1. The highest BCUT2D eigenvalue weighted by Crippen LogP contribution is 2.28. The van der Waals surface area contributed by atoms with Gasteiger partial charge in [-0.1, -0.05) is 71.4 Å². The summed E-state index contributed by atoms with van der Waals surface area (Å²) in [5, 5.41) is 4.89. The third kappa shape index (κ3) is 5.28. The van der Waals surface area contributed by atoms with Crippen molar-refractivity contribution in [2.24, 2.45) is 0 Å². The maximum Gasteiger partial charge on any atom is 0.230 e. The van der Waals surface area contributed by atoms with Crippen LogP contribution >= 0.6 is 11.8 Å². The number of carbonyl (C=O) groups is 1. The van der Waals surface area contributed by atoms with Crippen molar-refractivity contribution in [3.63, 3.8) is 0 Å². The highest BCUT2D eigenvalue weighted by Gasteiger charge is 2.12. The van der Waals surface area contributed by atoms with Crippen molar-refractivity contribution in [2.75, 3.05) is 12.3 Å². The van der Waals surface area contributed by atoms with Crippen molar-refractivity contribution in [2.45, 2.75) is 44.1 Å². The molecule has 30 heavy (non-hydrogen) atoms. The molecule has 5 heteroatoms. The molecule has 1 aliphatic rings. The lowest BCUT2D eigenvalue weighted by atomic mass is 9.97. The molecule has 0 fully saturated rings. The molecule has 0 spiro atoms. The Kier molecular flexibility index (Phi) is 6.80. The molecule has 2 aromatic carbocycles. The van der Waals surface area contributed by atoms with Gasteiger partial charge in [0.05, 0.1) is 11.3 Å². The number of fused-ring (bicyclic) bond motifs is 1. The van der Waals surface area contributed by atoms with Gasteiger partial charge in [-0.3, -0.25) is 4.79 Å². The molecule has 0 radical (unpaired) electrons. The Morgan fingerprint density at radius 3 is 2.70 bits per heavy atom. The Labute approximate surface area is 182 Å². The second-order valence-corrected chi connectivity index (χ2v) is 8.70.